The molecule has 0 saturated carbocycles. The van der Waals surface area contributed by atoms with Crippen molar-refractivity contribution in [2.24, 2.45) is 0 Å². The number of hydrogen-bond donors (Lipinski definition) is 0. The van der Waals surface area contributed by atoms with Gasteiger partial charge < -0.3 is 0 Å². The highest BCUT2D eigenvalue weighted by atomic mass is 19.1. The molecule has 14 heavy (non-hydrogen) atoms. The molecule has 0 aliphatic carbocycles. The quantitative estimate of drug-likeness (QED) is 0.525. The first-order chi connectivity index (χ1) is 6.43. The van der Waals surface area contributed by atoms with Gasteiger partial charge in [-0.2, -0.15) is 0 Å². The topological polar surface area (TPSA) is 17.1 Å². The lowest BCUT2D eigenvalue weighted by atomic mass is 10.0. The van der Waals surface area contributed by atoms with Gasteiger partial charge in [0.1, 0.15) is 11.6 Å². The lowest BCUT2D eigenvalue weighted by molar-refractivity contribution is 0.103. The Morgan fingerprint density at radius 1 is 1.29 bits per heavy atom. The molecule has 1 nitrogen and oxygen atoms in total. The largest absolute Gasteiger partial charge is 0.289 e. The standard InChI is InChI=1S/C11H10F2O/c1-6(2)11(14)8-4-7(3)9(12)5-10(8)13/h4-5H,1H2,2-3H3. The van der Waals surface area contributed by atoms with Gasteiger partial charge in [0, 0.05) is 6.07 Å². The van der Waals surface area contributed by atoms with Gasteiger partial charge in [-0.3, -0.25) is 4.79 Å². The maximum absolute atomic E-state index is 13.1. The van der Waals surface area contributed by atoms with Crippen molar-refractivity contribution in [1.29, 1.82) is 0 Å². The highest BCUT2D eigenvalue weighted by Crippen LogP contribution is 2.16. The molecule has 1 aromatic rings. The highest BCUT2D eigenvalue weighted by molar-refractivity contribution is 6.08. The summed E-state index contributed by atoms with van der Waals surface area (Å²) in [6, 6.07) is 1.91. The predicted molar refractivity (Wildman–Crippen MR) is 50.2 cm³/mol. The molecule has 0 N–H and O–H groups in total. The zero-order valence-corrected chi connectivity index (χ0v) is 8.03. The summed E-state index contributed by atoms with van der Waals surface area (Å²) in [7, 11) is 0. The van der Waals surface area contributed by atoms with Crippen molar-refractivity contribution in [3.8, 4) is 0 Å². The van der Waals surface area contributed by atoms with Gasteiger partial charge in [-0.05, 0) is 31.1 Å². The zero-order valence-electron chi connectivity index (χ0n) is 8.03. The molecule has 0 aromatic heterocycles. The van der Waals surface area contributed by atoms with Crippen molar-refractivity contribution in [3.05, 3.63) is 47.0 Å². The van der Waals surface area contributed by atoms with E-state index in [4.69, 9.17) is 0 Å². The van der Waals surface area contributed by atoms with Crippen molar-refractivity contribution < 1.29 is 13.6 Å². The van der Waals surface area contributed by atoms with Crippen LogP contribution in [0, 0.1) is 18.6 Å². The van der Waals surface area contributed by atoms with Gasteiger partial charge in [-0.1, -0.05) is 6.58 Å². The number of hydrogen-bond acceptors (Lipinski definition) is 1. The maximum Gasteiger partial charge on any atom is 0.191 e. The van der Waals surface area contributed by atoms with E-state index in [1.54, 1.807) is 0 Å². The van der Waals surface area contributed by atoms with Gasteiger partial charge in [-0.15, -0.1) is 0 Å². The fourth-order valence-electron chi connectivity index (χ4n) is 1.06. The summed E-state index contributed by atoms with van der Waals surface area (Å²) in [5, 5.41) is 0. The second-order valence-corrected chi connectivity index (χ2v) is 3.19. The van der Waals surface area contributed by atoms with Crippen molar-refractivity contribution in [2.45, 2.75) is 13.8 Å². The van der Waals surface area contributed by atoms with E-state index >= 15 is 0 Å². The zero-order chi connectivity index (χ0) is 10.9. The van der Waals surface area contributed by atoms with E-state index in [9.17, 15) is 13.6 Å². The third-order valence-electron chi connectivity index (χ3n) is 1.88. The Kier molecular flexibility index (Phi) is 2.79. The Bertz CT molecular complexity index is 408. The number of rotatable bonds is 2. The van der Waals surface area contributed by atoms with Gasteiger partial charge in [0.25, 0.3) is 0 Å². The molecule has 1 rings (SSSR count). The van der Waals surface area contributed by atoms with E-state index in [1.807, 2.05) is 0 Å². The molecule has 0 saturated heterocycles. The summed E-state index contributed by atoms with van der Waals surface area (Å²) in [5.41, 5.74) is 0.349. The molecule has 0 heterocycles. The SMILES string of the molecule is C=C(C)C(=O)c1cc(C)c(F)cc1F. The number of benzene rings is 1. The summed E-state index contributed by atoms with van der Waals surface area (Å²) in [4.78, 5) is 11.4. The summed E-state index contributed by atoms with van der Waals surface area (Å²) in [6.45, 7) is 6.38. The number of carbonyl (C=O) groups excluding carboxylic acids is 1. The van der Waals surface area contributed by atoms with Gasteiger partial charge in [-0.25, -0.2) is 8.78 Å². The molecule has 3 heteroatoms. The molecule has 0 aliphatic heterocycles. The normalized spacial score (nSPS) is 10.0. The molecule has 1 aromatic carbocycles. The lowest BCUT2D eigenvalue weighted by Crippen LogP contribution is -2.04. The van der Waals surface area contributed by atoms with Crippen LogP contribution < -0.4 is 0 Å². The number of allylic oxidation sites excluding steroid dienone is 1. The first kappa shape index (κ1) is 10.6. The summed E-state index contributed by atoms with van der Waals surface area (Å²) in [6.07, 6.45) is 0. The molecule has 0 fully saturated rings. The van der Waals surface area contributed by atoms with E-state index in [1.165, 1.54) is 19.9 Å². The monoisotopic (exact) mass is 196 g/mol. The van der Waals surface area contributed by atoms with Crippen LogP contribution in [0.15, 0.2) is 24.3 Å². The molecule has 0 aliphatic rings. The third kappa shape index (κ3) is 1.87. The van der Waals surface area contributed by atoms with Crippen LogP contribution in [-0.2, 0) is 0 Å². The minimum Gasteiger partial charge on any atom is -0.289 e. The molecular weight excluding hydrogens is 186 g/mol. The molecular formula is C11H10F2O. The van der Waals surface area contributed by atoms with Crippen LogP contribution in [0.4, 0.5) is 8.78 Å². The number of carbonyl (C=O) groups is 1. The van der Waals surface area contributed by atoms with E-state index in [0.717, 1.165) is 0 Å². The Labute approximate surface area is 81.1 Å². The van der Waals surface area contributed by atoms with E-state index in [-0.39, 0.29) is 16.7 Å². The number of halogens is 2. The van der Waals surface area contributed by atoms with Gasteiger partial charge in [0.15, 0.2) is 5.78 Å². The molecule has 0 bridgehead atoms. The van der Waals surface area contributed by atoms with Crippen LogP contribution in [0.3, 0.4) is 0 Å². The fraction of sp³-hybridized carbons (Fsp3) is 0.182. The van der Waals surface area contributed by atoms with E-state index in [2.05, 4.69) is 6.58 Å². The third-order valence-corrected chi connectivity index (χ3v) is 1.88. The van der Waals surface area contributed by atoms with Crippen molar-refractivity contribution in [2.75, 3.05) is 0 Å². The number of aryl methyl sites for hydroxylation is 1. The van der Waals surface area contributed by atoms with Crippen LogP contribution in [-0.4, -0.2) is 5.78 Å². The van der Waals surface area contributed by atoms with Crippen molar-refractivity contribution in [1.82, 2.24) is 0 Å². The highest BCUT2D eigenvalue weighted by Gasteiger charge is 2.14. The van der Waals surface area contributed by atoms with E-state index in [0.29, 0.717) is 6.07 Å². The summed E-state index contributed by atoms with van der Waals surface area (Å²) in [5.74, 6) is -1.99. The Morgan fingerprint density at radius 3 is 2.36 bits per heavy atom. The first-order valence-electron chi connectivity index (χ1n) is 4.09. The second kappa shape index (κ2) is 3.70. The average molecular weight is 196 g/mol. The maximum atomic E-state index is 13.1. The minimum atomic E-state index is -0.846. The molecule has 0 unspecified atom stereocenters. The fourth-order valence-corrected chi connectivity index (χ4v) is 1.06. The summed E-state index contributed by atoms with van der Waals surface area (Å²) >= 11 is 0. The molecule has 74 valence electrons. The second-order valence-electron chi connectivity index (χ2n) is 3.19. The molecule has 0 spiro atoms. The van der Waals surface area contributed by atoms with Crippen LogP contribution in [0.1, 0.15) is 22.8 Å². The molecule has 0 atom stereocenters. The van der Waals surface area contributed by atoms with Gasteiger partial charge >= 0.3 is 0 Å². The minimum absolute atomic E-state index is 0.128. The average Bonchev–Trinajstić information content (AvgIpc) is 2.10. The number of Topliss-reactive ketones (excluding diaryl/α,β-unsaturated/α-hetero) is 1. The predicted octanol–water partition coefficient (Wildman–Crippen LogP) is 3.03. The Hall–Kier alpha value is -1.51. The summed E-state index contributed by atoms with van der Waals surface area (Å²) < 4.78 is 26.0. The van der Waals surface area contributed by atoms with Gasteiger partial charge in [0.2, 0.25) is 0 Å². The first-order valence-corrected chi connectivity index (χ1v) is 4.09. The molecule has 0 amide bonds. The van der Waals surface area contributed by atoms with E-state index < -0.39 is 17.4 Å². The van der Waals surface area contributed by atoms with Crippen LogP contribution >= 0.6 is 0 Å². The lowest BCUT2D eigenvalue weighted by Gasteiger charge is -2.04. The van der Waals surface area contributed by atoms with Crippen LogP contribution in [0.5, 0.6) is 0 Å². The van der Waals surface area contributed by atoms with Crippen LogP contribution in [0.2, 0.25) is 0 Å². The van der Waals surface area contributed by atoms with Crippen LogP contribution in [0.25, 0.3) is 0 Å². The van der Waals surface area contributed by atoms with Crippen molar-refractivity contribution in [3.63, 3.8) is 0 Å². The molecule has 0 radical (unpaired) electrons. The Balaban J connectivity index is 3.29. The Morgan fingerprint density at radius 2 is 1.86 bits per heavy atom. The van der Waals surface area contributed by atoms with Gasteiger partial charge in [0.05, 0.1) is 5.56 Å². The smallest absolute Gasteiger partial charge is 0.191 e. The number of ketones is 1. The van der Waals surface area contributed by atoms with Crippen molar-refractivity contribution >= 4 is 5.78 Å².